The predicted molar refractivity (Wildman–Crippen MR) is 81.0 cm³/mol. The lowest BCUT2D eigenvalue weighted by Gasteiger charge is -2.00. The van der Waals surface area contributed by atoms with Crippen LogP contribution < -0.4 is 5.32 Å². The van der Waals surface area contributed by atoms with E-state index in [9.17, 15) is 9.00 Å². The van der Waals surface area contributed by atoms with Crippen LogP contribution in [0.25, 0.3) is 11.6 Å². The molecule has 1 aromatic carbocycles. The molecule has 20 heavy (non-hydrogen) atoms. The summed E-state index contributed by atoms with van der Waals surface area (Å²) in [6.45, 7) is 2.00. The zero-order chi connectivity index (χ0) is 14.3. The van der Waals surface area contributed by atoms with Gasteiger partial charge in [0, 0.05) is 21.0 Å². The molecule has 2 aromatic rings. The molecule has 4 nitrogen and oxygen atoms in total. The summed E-state index contributed by atoms with van der Waals surface area (Å²) in [6.07, 6.45) is 1.81. The summed E-state index contributed by atoms with van der Waals surface area (Å²) in [4.78, 5) is 14.4. The van der Waals surface area contributed by atoms with E-state index >= 15 is 0 Å². The van der Waals surface area contributed by atoms with Gasteiger partial charge in [-0.25, -0.2) is 4.21 Å². The van der Waals surface area contributed by atoms with Crippen molar-refractivity contribution in [1.29, 1.82) is 0 Å². The van der Waals surface area contributed by atoms with Crippen LogP contribution in [-0.4, -0.2) is 14.7 Å². The first-order valence-corrected chi connectivity index (χ1v) is 7.82. The topological polar surface area (TPSA) is 66.4 Å². The van der Waals surface area contributed by atoms with Crippen molar-refractivity contribution in [3.8, 4) is 0 Å². The molecule has 2 heterocycles. The fourth-order valence-electron chi connectivity index (χ4n) is 2.09. The highest BCUT2D eigenvalue weighted by molar-refractivity contribution is 7.79. The van der Waals surface area contributed by atoms with Crippen LogP contribution in [0.3, 0.4) is 0 Å². The molecule has 0 spiro atoms. The van der Waals surface area contributed by atoms with E-state index in [4.69, 9.17) is 4.55 Å². The Morgan fingerprint density at radius 1 is 1.30 bits per heavy atom. The van der Waals surface area contributed by atoms with Crippen LogP contribution in [0.15, 0.2) is 35.2 Å². The first kappa shape index (κ1) is 13.2. The van der Waals surface area contributed by atoms with Gasteiger partial charge in [-0.1, -0.05) is 0 Å². The summed E-state index contributed by atoms with van der Waals surface area (Å²) in [5, 5.41) is 2.76. The first-order chi connectivity index (χ1) is 9.54. The average Bonchev–Trinajstić information content (AvgIpc) is 2.94. The van der Waals surface area contributed by atoms with E-state index in [1.54, 1.807) is 23.5 Å². The van der Waals surface area contributed by atoms with Crippen LogP contribution in [0.5, 0.6) is 0 Å². The highest BCUT2D eigenvalue weighted by Crippen LogP contribution is 2.35. The Balaban J connectivity index is 2.10. The Morgan fingerprint density at radius 2 is 2.10 bits per heavy atom. The molecule has 1 aliphatic heterocycles. The van der Waals surface area contributed by atoms with Gasteiger partial charge in [-0.15, -0.1) is 11.3 Å². The van der Waals surface area contributed by atoms with Crippen molar-refractivity contribution in [2.24, 2.45) is 0 Å². The molecule has 1 aliphatic rings. The number of hydrogen-bond acceptors (Lipinski definition) is 3. The second kappa shape index (κ2) is 4.97. The maximum atomic E-state index is 12.0. The van der Waals surface area contributed by atoms with Crippen molar-refractivity contribution in [1.82, 2.24) is 0 Å². The second-order valence-electron chi connectivity index (χ2n) is 4.42. The zero-order valence-corrected chi connectivity index (χ0v) is 12.2. The summed E-state index contributed by atoms with van der Waals surface area (Å²) >= 11 is -0.458. The standard InChI is InChI=1S/C14H11NO3S2/c1-8-2-3-9(19-8)6-12-11-7-10(20(17)18)4-5-13(11)15-14(12)16/h2-7H,1H3,(H,15,16)(H,17,18). The van der Waals surface area contributed by atoms with E-state index in [1.165, 1.54) is 10.9 Å². The molecular weight excluding hydrogens is 294 g/mol. The number of rotatable bonds is 2. The van der Waals surface area contributed by atoms with Gasteiger partial charge in [-0.3, -0.25) is 4.79 Å². The van der Waals surface area contributed by atoms with E-state index in [1.807, 2.05) is 25.1 Å². The van der Waals surface area contributed by atoms with Gasteiger partial charge < -0.3 is 9.87 Å². The molecule has 0 fully saturated rings. The number of nitrogens with one attached hydrogen (secondary N) is 1. The normalized spacial score (nSPS) is 17.1. The fourth-order valence-corrected chi connectivity index (χ4v) is 3.32. The van der Waals surface area contributed by atoms with Crippen molar-refractivity contribution < 1.29 is 13.6 Å². The van der Waals surface area contributed by atoms with Crippen molar-refractivity contribution in [2.75, 3.05) is 5.32 Å². The van der Waals surface area contributed by atoms with Crippen LogP contribution >= 0.6 is 11.3 Å². The molecule has 0 aliphatic carbocycles. The van der Waals surface area contributed by atoms with Crippen molar-refractivity contribution >= 4 is 45.7 Å². The van der Waals surface area contributed by atoms with Crippen LogP contribution in [0.1, 0.15) is 15.3 Å². The lowest BCUT2D eigenvalue weighted by atomic mass is 10.1. The Bertz CT molecular complexity index is 762. The molecule has 1 amide bonds. The molecule has 0 bridgehead atoms. The van der Waals surface area contributed by atoms with E-state index in [0.29, 0.717) is 16.8 Å². The number of carbonyl (C=O) groups is 1. The number of thiophene rings is 1. The SMILES string of the molecule is Cc1ccc(C=C2C(=O)Nc3ccc(S(=O)O)cc32)s1. The number of amides is 1. The Labute approximate surface area is 122 Å². The van der Waals surface area contributed by atoms with Gasteiger partial charge in [0.2, 0.25) is 0 Å². The van der Waals surface area contributed by atoms with E-state index in [-0.39, 0.29) is 10.8 Å². The Hall–Kier alpha value is -1.76. The van der Waals surface area contributed by atoms with Gasteiger partial charge in [0.05, 0.1) is 10.5 Å². The lowest BCUT2D eigenvalue weighted by molar-refractivity contribution is -0.110. The quantitative estimate of drug-likeness (QED) is 0.661. The third-order valence-electron chi connectivity index (χ3n) is 3.02. The monoisotopic (exact) mass is 305 g/mol. The number of hydrogen-bond donors (Lipinski definition) is 2. The molecule has 3 rings (SSSR count). The Kier molecular flexibility index (Phi) is 3.29. The number of aryl methyl sites for hydroxylation is 1. The summed E-state index contributed by atoms with van der Waals surface area (Å²) in [7, 11) is 0. The van der Waals surface area contributed by atoms with Gasteiger partial charge in [-0.2, -0.15) is 0 Å². The Morgan fingerprint density at radius 3 is 2.75 bits per heavy atom. The smallest absolute Gasteiger partial charge is 0.256 e. The highest BCUT2D eigenvalue weighted by atomic mass is 32.2. The maximum absolute atomic E-state index is 12.0. The van der Waals surface area contributed by atoms with Crippen molar-refractivity contribution in [3.05, 3.63) is 45.6 Å². The number of carbonyl (C=O) groups excluding carboxylic acids is 1. The largest absolute Gasteiger partial charge is 0.321 e. The van der Waals surface area contributed by atoms with E-state index in [2.05, 4.69) is 5.32 Å². The molecule has 2 N–H and O–H groups in total. The van der Waals surface area contributed by atoms with Crippen LogP contribution in [0.4, 0.5) is 5.69 Å². The molecule has 1 aromatic heterocycles. The second-order valence-corrected chi connectivity index (χ2v) is 6.71. The predicted octanol–water partition coefficient (Wildman–Crippen LogP) is 3.13. The molecule has 0 saturated carbocycles. The minimum Gasteiger partial charge on any atom is -0.321 e. The van der Waals surface area contributed by atoms with Crippen LogP contribution in [0, 0.1) is 6.92 Å². The van der Waals surface area contributed by atoms with Gasteiger partial charge in [-0.05, 0) is 43.3 Å². The number of anilines is 1. The first-order valence-electron chi connectivity index (χ1n) is 5.89. The van der Waals surface area contributed by atoms with Crippen molar-refractivity contribution in [2.45, 2.75) is 11.8 Å². The summed E-state index contributed by atoms with van der Waals surface area (Å²) in [5.74, 6) is -0.188. The van der Waals surface area contributed by atoms with Crippen molar-refractivity contribution in [3.63, 3.8) is 0 Å². The minimum absolute atomic E-state index is 0.188. The summed E-state index contributed by atoms with van der Waals surface area (Å²) in [5.41, 5.74) is 1.86. The van der Waals surface area contributed by atoms with E-state index in [0.717, 1.165) is 4.88 Å². The molecule has 0 saturated heterocycles. The number of fused-ring (bicyclic) bond motifs is 1. The highest BCUT2D eigenvalue weighted by Gasteiger charge is 2.25. The third kappa shape index (κ3) is 2.33. The molecule has 1 unspecified atom stereocenters. The molecular formula is C14H11NO3S2. The van der Waals surface area contributed by atoms with Gasteiger partial charge in [0.15, 0.2) is 11.1 Å². The number of benzene rings is 1. The summed E-state index contributed by atoms with van der Waals surface area (Å²) < 4.78 is 20.3. The van der Waals surface area contributed by atoms with Crippen LogP contribution in [-0.2, 0) is 15.9 Å². The average molecular weight is 305 g/mol. The fraction of sp³-hybridized carbons (Fsp3) is 0.0714. The molecule has 6 heteroatoms. The van der Waals surface area contributed by atoms with Gasteiger partial charge in [0.25, 0.3) is 5.91 Å². The summed E-state index contributed by atoms with van der Waals surface area (Å²) in [6, 6.07) is 8.71. The van der Waals surface area contributed by atoms with Crippen LogP contribution in [0.2, 0.25) is 0 Å². The van der Waals surface area contributed by atoms with Gasteiger partial charge >= 0.3 is 0 Å². The maximum Gasteiger partial charge on any atom is 0.256 e. The van der Waals surface area contributed by atoms with E-state index < -0.39 is 11.1 Å². The van der Waals surface area contributed by atoms with Gasteiger partial charge in [0.1, 0.15) is 0 Å². The minimum atomic E-state index is -2.05. The zero-order valence-electron chi connectivity index (χ0n) is 10.5. The lowest BCUT2D eigenvalue weighted by Crippen LogP contribution is -2.03. The molecule has 1 atom stereocenters. The third-order valence-corrected chi connectivity index (χ3v) is 4.63. The molecule has 0 radical (unpaired) electrons. The molecule has 102 valence electrons.